The number of benzene rings is 2. The van der Waals surface area contributed by atoms with Gasteiger partial charge in [-0.25, -0.2) is 4.79 Å². The van der Waals surface area contributed by atoms with Crippen molar-refractivity contribution in [1.29, 1.82) is 0 Å². The summed E-state index contributed by atoms with van der Waals surface area (Å²) in [4.78, 5) is 19.0. The number of ether oxygens (including phenoxy) is 2. The molecule has 1 fully saturated rings. The van der Waals surface area contributed by atoms with Gasteiger partial charge in [0.15, 0.2) is 0 Å². The highest BCUT2D eigenvalue weighted by Gasteiger charge is 2.17. The number of carboxylic acid groups (broad SMARTS) is 1. The molecule has 0 bridgehead atoms. The van der Waals surface area contributed by atoms with E-state index in [1.54, 1.807) is 19.2 Å². The molecule has 0 aliphatic carbocycles. The third-order valence-corrected chi connectivity index (χ3v) is 5.91. The number of aromatic nitrogens is 1. The van der Waals surface area contributed by atoms with Crippen LogP contribution in [0.5, 0.6) is 11.5 Å². The van der Waals surface area contributed by atoms with Crippen molar-refractivity contribution in [2.45, 2.75) is 19.3 Å². The van der Waals surface area contributed by atoms with Gasteiger partial charge >= 0.3 is 6.16 Å². The lowest BCUT2D eigenvalue weighted by molar-refractivity contribution is 0.144. The van der Waals surface area contributed by atoms with E-state index in [0.717, 1.165) is 68.6 Å². The van der Waals surface area contributed by atoms with Crippen LogP contribution in [0, 0.1) is 0 Å². The average molecular weight is 424 g/mol. The predicted octanol–water partition coefficient (Wildman–Crippen LogP) is 4.38. The van der Waals surface area contributed by atoms with Gasteiger partial charge in [-0.15, -0.1) is 0 Å². The van der Waals surface area contributed by atoms with Gasteiger partial charge in [0.05, 0.1) is 7.11 Å². The lowest BCUT2D eigenvalue weighted by Gasteiger charge is -2.36. The maximum absolute atomic E-state index is 10.8. The third kappa shape index (κ3) is 5.30. The van der Waals surface area contributed by atoms with Crippen LogP contribution in [0.15, 0.2) is 48.7 Å². The third-order valence-electron chi connectivity index (χ3n) is 5.91. The number of aromatic amines is 1. The van der Waals surface area contributed by atoms with Gasteiger partial charge in [0.2, 0.25) is 0 Å². The fourth-order valence-corrected chi connectivity index (χ4v) is 4.22. The zero-order valence-electron chi connectivity index (χ0n) is 17.8. The van der Waals surface area contributed by atoms with Crippen molar-refractivity contribution < 1.29 is 19.4 Å². The number of nitrogens with zero attached hydrogens (tertiary/aromatic N) is 2. The fourth-order valence-electron chi connectivity index (χ4n) is 4.22. The molecule has 31 heavy (non-hydrogen) atoms. The Balaban J connectivity index is 1.23. The molecule has 7 heteroatoms. The largest absolute Gasteiger partial charge is 0.511 e. The van der Waals surface area contributed by atoms with E-state index in [0.29, 0.717) is 5.75 Å². The summed E-state index contributed by atoms with van der Waals surface area (Å²) in [7, 11) is 1.70. The summed E-state index contributed by atoms with van der Waals surface area (Å²) in [6.45, 7) is 5.30. The van der Waals surface area contributed by atoms with E-state index >= 15 is 0 Å². The molecule has 1 aliphatic rings. The summed E-state index contributed by atoms with van der Waals surface area (Å²) >= 11 is 0. The van der Waals surface area contributed by atoms with Crippen LogP contribution in [0.1, 0.15) is 18.4 Å². The van der Waals surface area contributed by atoms with E-state index in [-0.39, 0.29) is 0 Å². The lowest BCUT2D eigenvalue weighted by Crippen LogP contribution is -2.46. The summed E-state index contributed by atoms with van der Waals surface area (Å²) in [6.07, 6.45) is 3.91. The number of rotatable bonds is 8. The summed E-state index contributed by atoms with van der Waals surface area (Å²) in [6, 6.07) is 13.6. The summed E-state index contributed by atoms with van der Waals surface area (Å²) < 4.78 is 10.1. The zero-order valence-corrected chi connectivity index (χ0v) is 17.8. The van der Waals surface area contributed by atoms with Crippen LogP contribution in [0.25, 0.3) is 10.9 Å². The van der Waals surface area contributed by atoms with Gasteiger partial charge in [0, 0.05) is 55.0 Å². The number of methoxy groups -OCH3 is 1. The highest BCUT2D eigenvalue weighted by molar-refractivity contribution is 5.85. The minimum atomic E-state index is -1.29. The highest BCUT2D eigenvalue weighted by atomic mass is 16.7. The van der Waals surface area contributed by atoms with E-state index in [1.165, 1.54) is 11.3 Å². The predicted molar refractivity (Wildman–Crippen MR) is 122 cm³/mol. The number of hydrogen-bond acceptors (Lipinski definition) is 5. The van der Waals surface area contributed by atoms with Crippen LogP contribution in [-0.2, 0) is 6.42 Å². The van der Waals surface area contributed by atoms with E-state index in [9.17, 15) is 4.79 Å². The van der Waals surface area contributed by atoms with Crippen LogP contribution in [0.4, 0.5) is 10.5 Å². The van der Waals surface area contributed by atoms with Crippen LogP contribution in [0.2, 0.25) is 0 Å². The van der Waals surface area contributed by atoms with Crippen molar-refractivity contribution in [3.05, 3.63) is 54.2 Å². The summed E-state index contributed by atoms with van der Waals surface area (Å²) in [5.41, 5.74) is 3.43. The van der Waals surface area contributed by atoms with Gasteiger partial charge in [-0.1, -0.05) is 6.07 Å². The Morgan fingerprint density at radius 1 is 1.06 bits per heavy atom. The summed E-state index contributed by atoms with van der Waals surface area (Å²) in [5, 5.41) is 9.85. The Kier molecular flexibility index (Phi) is 6.62. The van der Waals surface area contributed by atoms with Crippen molar-refractivity contribution in [2.75, 3.05) is 44.7 Å². The zero-order chi connectivity index (χ0) is 21.6. The molecule has 0 spiro atoms. The van der Waals surface area contributed by atoms with Gasteiger partial charge in [-0.3, -0.25) is 4.90 Å². The minimum absolute atomic E-state index is 0.356. The monoisotopic (exact) mass is 423 g/mol. The molecule has 0 saturated carbocycles. The first-order valence-corrected chi connectivity index (χ1v) is 10.7. The van der Waals surface area contributed by atoms with E-state index < -0.39 is 6.16 Å². The van der Waals surface area contributed by atoms with Crippen LogP contribution < -0.4 is 14.4 Å². The maximum Gasteiger partial charge on any atom is 0.511 e. The lowest BCUT2D eigenvalue weighted by atomic mass is 10.1. The van der Waals surface area contributed by atoms with Gasteiger partial charge in [0.25, 0.3) is 0 Å². The smallest absolute Gasteiger partial charge is 0.497 e. The van der Waals surface area contributed by atoms with E-state index in [4.69, 9.17) is 14.6 Å². The Morgan fingerprint density at radius 3 is 2.68 bits per heavy atom. The number of aryl methyl sites for hydroxylation is 1. The maximum atomic E-state index is 10.8. The molecule has 0 radical (unpaired) electrons. The molecule has 2 aromatic carbocycles. The van der Waals surface area contributed by atoms with Gasteiger partial charge in [0.1, 0.15) is 11.5 Å². The Labute approximate surface area is 182 Å². The molecular formula is C24H29N3O4. The van der Waals surface area contributed by atoms with Gasteiger partial charge < -0.3 is 24.5 Å². The number of carbonyl (C=O) groups is 1. The van der Waals surface area contributed by atoms with Crippen molar-refractivity contribution in [1.82, 2.24) is 9.88 Å². The van der Waals surface area contributed by atoms with Crippen LogP contribution >= 0.6 is 0 Å². The quantitative estimate of drug-likeness (QED) is 0.318. The second-order valence-electron chi connectivity index (χ2n) is 7.88. The van der Waals surface area contributed by atoms with E-state index in [1.807, 2.05) is 24.4 Å². The number of unbranched alkanes of at least 4 members (excludes halogenated alkanes) is 1. The number of fused-ring (bicyclic) bond motifs is 1. The molecule has 2 N–H and O–H groups in total. The van der Waals surface area contributed by atoms with E-state index in [2.05, 4.69) is 26.9 Å². The average Bonchev–Trinajstić information content (AvgIpc) is 3.19. The molecule has 4 rings (SSSR count). The molecule has 164 valence electrons. The van der Waals surface area contributed by atoms with Crippen molar-refractivity contribution >= 4 is 22.7 Å². The molecule has 2 heterocycles. The van der Waals surface area contributed by atoms with Crippen molar-refractivity contribution in [3.63, 3.8) is 0 Å². The van der Waals surface area contributed by atoms with Gasteiger partial charge in [-0.2, -0.15) is 0 Å². The second-order valence-corrected chi connectivity index (χ2v) is 7.88. The molecule has 1 saturated heterocycles. The summed E-state index contributed by atoms with van der Waals surface area (Å²) in [5.74, 6) is 1.26. The first-order valence-electron chi connectivity index (χ1n) is 10.7. The van der Waals surface area contributed by atoms with Crippen LogP contribution in [-0.4, -0.2) is 61.0 Å². The normalized spacial score (nSPS) is 14.7. The molecule has 1 aromatic heterocycles. The first kappa shape index (κ1) is 21.1. The number of H-pyrrole nitrogens is 1. The molecule has 0 amide bonds. The fraction of sp³-hybridized carbons (Fsp3) is 0.375. The number of piperazine rings is 1. The first-order chi connectivity index (χ1) is 15.1. The molecule has 7 nitrogen and oxygen atoms in total. The molecule has 0 atom stereocenters. The standard InChI is InChI=1S/C24H29N3O4/c1-30-20-7-4-6-19(15-20)27-13-11-26(12-14-27)10-3-2-5-18-17-25-23-9-8-21(16-22(18)23)31-24(28)29/h4,6-9,15-17,25H,2-3,5,10-14H2,1H3,(H,28,29). The number of hydrogen-bond donors (Lipinski definition) is 2. The Bertz CT molecular complexity index is 1020. The van der Waals surface area contributed by atoms with Crippen LogP contribution in [0.3, 0.4) is 0 Å². The SMILES string of the molecule is COc1cccc(N2CCN(CCCCc3c[nH]c4ccc(OC(=O)O)cc34)CC2)c1. The van der Waals surface area contributed by atoms with Gasteiger partial charge in [-0.05, 0) is 61.7 Å². The Morgan fingerprint density at radius 2 is 1.90 bits per heavy atom. The van der Waals surface area contributed by atoms with Crippen molar-refractivity contribution in [3.8, 4) is 11.5 Å². The number of nitrogens with one attached hydrogen (secondary N) is 1. The molecule has 0 unspecified atom stereocenters. The minimum Gasteiger partial charge on any atom is -0.497 e. The molecule has 3 aromatic rings. The molecular weight excluding hydrogens is 394 g/mol. The highest BCUT2D eigenvalue weighted by Crippen LogP contribution is 2.25. The second kappa shape index (κ2) is 9.75. The Hall–Kier alpha value is -3.19. The topological polar surface area (TPSA) is 78.0 Å². The van der Waals surface area contributed by atoms with Crippen molar-refractivity contribution in [2.24, 2.45) is 0 Å². The molecule has 1 aliphatic heterocycles. The number of anilines is 1.